The van der Waals surface area contributed by atoms with Gasteiger partial charge in [-0.2, -0.15) is 0 Å². The van der Waals surface area contributed by atoms with Crippen molar-refractivity contribution in [1.29, 1.82) is 0 Å². The molecule has 0 radical (unpaired) electrons. The van der Waals surface area contributed by atoms with Crippen molar-refractivity contribution in [3.05, 3.63) is 34.2 Å². The number of furan rings is 1. The summed E-state index contributed by atoms with van der Waals surface area (Å²) >= 11 is 3.29. The van der Waals surface area contributed by atoms with Gasteiger partial charge < -0.3 is 4.42 Å². The van der Waals surface area contributed by atoms with Crippen LogP contribution < -0.4 is 0 Å². The number of halogens is 1. The topological polar surface area (TPSA) is 30.2 Å². The highest BCUT2D eigenvalue weighted by Crippen LogP contribution is 2.25. The van der Waals surface area contributed by atoms with Crippen LogP contribution in [0.2, 0.25) is 0 Å². The maximum Gasteiger partial charge on any atom is 0.225 e. The van der Waals surface area contributed by atoms with Gasteiger partial charge in [-0.25, -0.2) is 0 Å². The Balaban J connectivity index is 2.23. The second-order valence-corrected chi connectivity index (χ2v) is 4.26. The number of carbonyl (C=O) groups excluding carboxylic acids is 1. The SMILES string of the molecule is O=C(C1=CCCCC1)c1occc1Br. The van der Waals surface area contributed by atoms with Crippen LogP contribution in [0, 0.1) is 0 Å². The summed E-state index contributed by atoms with van der Waals surface area (Å²) in [5, 5.41) is 0. The molecule has 0 N–H and O–H groups in total. The van der Waals surface area contributed by atoms with Crippen molar-refractivity contribution in [2.24, 2.45) is 0 Å². The number of allylic oxidation sites excluding steroid dienone is 2. The number of rotatable bonds is 2. The van der Waals surface area contributed by atoms with Gasteiger partial charge in [0.2, 0.25) is 5.78 Å². The molecule has 0 fully saturated rings. The van der Waals surface area contributed by atoms with Gasteiger partial charge in [0.25, 0.3) is 0 Å². The van der Waals surface area contributed by atoms with Gasteiger partial charge in [-0.15, -0.1) is 0 Å². The number of hydrogen-bond acceptors (Lipinski definition) is 2. The van der Waals surface area contributed by atoms with Crippen LogP contribution in [0.5, 0.6) is 0 Å². The molecule has 0 aromatic carbocycles. The molecular weight excluding hydrogens is 244 g/mol. The normalized spacial score (nSPS) is 16.5. The second kappa shape index (κ2) is 4.13. The quantitative estimate of drug-likeness (QED) is 0.754. The van der Waals surface area contributed by atoms with E-state index in [-0.39, 0.29) is 5.78 Å². The predicted octanol–water partition coefficient (Wildman–Crippen LogP) is 3.73. The van der Waals surface area contributed by atoms with Crippen LogP contribution in [-0.4, -0.2) is 5.78 Å². The van der Waals surface area contributed by atoms with Crippen LogP contribution >= 0.6 is 15.9 Å². The van der Waals surface area contributed by atoms with E-state index in [1.165, 1.54) is 12.7 Å². The molecule has 0 amide bonds. The molecule has 2 nitrogen and oxygen atoms in total. The van der Waals surface area contributed by atoms with E-state index >= 15 is 0 Å². The minimum atomic E-state index is 0.0292. The van der Waals surface area contributed by atoms with Gasteiger partial charge in [0.1, 0.15) is 0 Å². The second-order valence-electron chi connectivity index (χ2n) is 3.40. The molecule has 3 heteroatoms. The standard InChI is InChI=1S/C11H11BrO2/c12-9-6-7-14-11(9)10(13)8-4-2-1-3-5-8/h4,6-7H,1-3,5H2. The molecule has 0 aliphatic heterocycles. The first-order valence-corrected chi connectivity index (χ1v) is 5.55. The predicted molar refractivity (Wildman–Crippen MR) is 57.3 cm³/mol. The van der Waals surface area contributed by atoms with Crippen molar-refractivity contribution in [2.45, 2.75) is 25.7 Å². The Morgan fingerprint density at radius 1 is 1.43 bits per heavy atom. The molecule has 14 heavy (non-hydrogen) atoms. The monoisotopic (exact) mass is 254 g/mol. The average Bonchev–Trinajstić information content (AvgIpc) is 2.65. The van der Waals surface area contributed by atoms with Crippen LogP contribution in [0.1, 0.15) is 36.2 Å². The van der Waals surface area contributed by atoms with E-state index in [1.54, 1.807) is 6.07 Å². The average molecular weight is 255 g/mol. The van der Waals surface area contributed by atoms with E-state index in [9.17, 15) is 4.79 Å². The van der Waals surface area contributed by atoms with Crippen LogP contribution in [0.3, 0.4) is 0 Å². The van der Waals surface area contributed by atoms with Gasteiger partial charge in [-0.3, -0.25) is 4.79 Å². The van der Waals surface area contributed by atoms with E-state index < -0.39 is 0 Å². The lowest BCUT2D eigenvalue weighted by molar-refractivity contribution is 0.0998. The molecular formula is C11H11BrO2. The zero-order valence-corrected chi connectivity index (χ0v) is 9.34. The number of carbonyl (C=O) groups is 1. The Labute approximate surface area is 91.1 Å². The number of hydrogen-bond donors (Lipinski definition) is 0. The molecule has 0 bridgehead atoms. The molecule has 1 aliphatic carbocycles. The van der Waals surface area contributed by atoms with Gasteiger partial charge in [-0.1, -0.05) is 6.08 Å². The molecule has 1 heterocycles. The summed E-state index contributed by atoms with van der Waals surface area (Å²) in [7, 11) is 0. The van der Waals surface area contributed by atoms with E-state index in [0.29, 0.717) is 5.76 Å². The smallest absolute Gasteiger partial charge is 0.225 e. The summed E-state index contributed by atoms with van der Waals surface area (Å²) in [5.74, 6) is 0.458. The van der Waals surface area contributed by atoms with Crippen LogP contribution in [0.4, 0.5) is 0 Å². The molecule has 0 spiro atoms. The fraction of sp³-hybridized carbons (Fsp3) is 0.364. The van der Waals surface area contributed by atoms with Gasteiger partial charge >= 0.3 is 0 Å². The summed E-state index contributed by atoms with van der Waals surface area (Å²) in [6.45, 7) is 0. The number of Topliss-reactive ketones (excluding diaryl/α,β-unsaturated/α-hetero) is 1. The summed E-state index contributed by atoms with van der Waals surface area (Å²) in [6.07, 6.45) is 7.75. The summed E-state index contributed by atoms with van der Waals surface area (Å²) < 4.78 is 5.89. The molecule has 0 saturated heterocycles. The van der Waals surface area contributed by atoms with Gasteiger partial charge in [0, 0.05) is 0 Å². The van der Waals surface area contributed by atoms with Crippen molar-refractivity contribution in [3.8, 4) is 0 Å². The van der Waals surface area contributed by atoms with Gasteiger partial charge in [0.05, 0.1) is 10.7 Å². The van der Waals surface area contributed by atoms with E-state index in [0.717, 1.165) is 29.3 Å². The molecule has 2 rings (SSSR count). The van der Waals surface area contributed by atoms with E-state index in [4.69, 9.17) is 4.42 Å². The maximum absolute atomic E-state index is 11.9. The molecule has 0 unspecified atom stereocenters. The highest BCUT2D eigenvalue weighted by atomic mass is 79.9. The Morgan fingerprint density at radius 3 is 2.86 bits per heavy atom. The highest BCUT2D eigenvalue weighted by Gasteiger charge is 2.19. The Kier molecular flexibility index (Phi) is 2.87. The first kappa shape index (κ1) is 9.71. The first-order chi connectivity index (χ1) is 6.79. The zero-order chi connectivity index (χ0) is 9.97. The summed E-state index contributed by atoms with van der Waals surface area (Å²) in [4.78, 5) is 11.9. The Hall–Kier alpha value is -0.830. The highest BCUT2D eigenvalue weighted by molar-refractivity contribution is 9.10. The third kappa shape index (κ3) is 1.82. The third-order valence-electron chi connectivity index (χ3n) is 2.41. The summed E-state index contributed by atoms with van der Waals surface area (Å²) in [5.41, 5.74) is 0.895. The largest absolute Gasteiger partial charge is 0.460 e. The fourth-order valence-corrected chi connectivity index (χ4v) is 2.03. The molecule has 0 atom stereocenters. The zero-order valence-electron chi connectivity index (χ0n) is 7.75. The number of ketones is 1. The van der Waals surface area contributed by atoms with Crippen molar-refractivity contribution in [3.63, 3.8) is 0 Å². The summed E-state index contributed by atoms with van der Waals surface area (Å²) in [6, 6.07) is 1.75. The van der Waals surface area contributed by atoms with Crippen molar-refractivity contribution in [2.75, 3.05) is 0 Å². The minimum absolute atomic E-state index is 0.0292. The van der Waals surface area contributed by atoms with Crippen LogP contribution in [0.15, 0.2) is 32.9 Å². The lowest BCUT2D eigenvalue weighted by Crippen LogP contribution is -2.05. The first-order valence-electron chi connectivity index (χ1n) is 4.76. The fourth-order valence-electron chi connectivity index (χ4n) is 1.65. The Morgan fingerprint density at radius 2 is 2.29 bits per heavy atom. The van der Waals surface area contributed by atoms with Crippen molar-refractivity contribution >= 4 is 21.7 Å². The minimum Gasteiger partial charge on any atom is -0.460 e. The molecule has 1 aliphatic rings. The van der Waals surface area contributed by atoms with E-state index in [2.05, 4.69) is 15.9 Å². The maximum atomic E-state index is 11.9. The molecule has 0 saturated carbocycles. The van der Waals surface area contributed by atoms with Gasteiger partial charge in [-0.05, 0) is 53.3 Å². The van der Waals surface area contributed by atoms with Crippen molar-refractivity contribution in [1.82, 2.24) is 0 Å². The molecule has 1 aromatic heterocycles. The lowest BCUT2D eigenvalue weighted by atomic mass is 9.95. The van der Waals surface area contributed by atoms with Gasteiger partial charge in [0.15, 0.2) is 5.76 Å². The van der Waals surface area contributed by atoms with E-state index in [1.807, 2.05) is 6.08 Å². The Bertz CT molecular complexity index is 376. The third-order valence-corrected chi connectivity index (χ3v) is 3.03. The van der Waals surface area contributed by atoms with Crippen LogP contribution in [0.25, 0.3) is 0 Å². The van der Waals surface area contributed by atoms with Crippen LogP contribution in [-0.2, 0) is 0 Å². The van der Waals surface area contributed by atoms with Crippen molar-refractivity contribution < 1.29 is 9.21 Å². The molecule has 74 valence electrons. The molecule has 1 aromatic rings. The lowest BCUT2D eigenvalue weighted by Gasteiger charge is -2.09.